The molecule has 0 saturated heterocycles. The molecule has 0 aliphatic heterocycles. The molecule has 1 aliphatic carbocycles. The van der Waals surface area contributed by atoms with Gasteiger partial charge in [0.05, 0.1) is 6.07 Å². The lowest BCUT2D eigenvalue weighted by atomic mass is 9.69. The maximum absolute atomic E-state index is 12.0. The van der Waals surface area contributed by atoms with Crippen LogP contribution in [0.4, 0.5) is 0 Å². The molecule has 1 unspecified atom stereocenters. The normalized spacial score (nSPS) is 17.7. The molecular weight excluding hydrogens is 284 g/mol. The number of carbonyl (C=O) groups excluding carboxylic acids is 1. The second kappa shape index (κ2) is 5.47. The van der Waals surface area contributed by atoms with E-state index in [4.69, 9.17) is 5.26 Å². The van der Waals surface area contributed by atoms with Gasteiger partial charge in [-0.25, -0.2) is 0 Å². The van der Waals surface area contributed by atoms with Gasteiger partial charge in [-0.15, -0.1) is 11.3 Å². The summed E-state index contributed by atoms with van der Waals surface area (Å²) in [5.41, 5.74) is -0.861. The fraction of sp³-hybridized carbons (Fsp3) is 0.375. The van der Waals surface area contributed by atoms with E-state index in [1.54, 1.807) is 0 Å². The first-order chi connectivity index (χ1) is 10.1. The second-order valence-corrected chi connectivity index (χ2v) is 6.58. The van der Waals surface area contributed by atoms with Crippen molar-refractivity contribution in [1.82, 2.24) is 5.32 Å². The van der Waals surface area contributed by atoms with Gasteiger partial charge in [0.2, 0.25) is 5.91 Å². The van der Waals surface area contributed by atoms with Gasteiger partial charge in [0.25, 0.3) is 0 Å². The lowest BCUT2D eigenvalue weighted by Crippen LogP contribution is -2.45. The van der Waals surface area contributed by atoms with E-state index in [1.807, 2.05) is 30.3 Å². The molecule has 5 heteroatoms. The summed E-state index contributed by atoms with van der Waals surface area (Å²) in [6.07, 6.45) is 1.42. The van der Waals surface area contributed by atoms with E-state index >= 15 is 0 Å². The molecule has 1 atom stereocenters. The number of nitrogens with one attached hydrogen (secondary N) is 1. The summed E-state index contributed by atoms with van der Waals surface area (Å²) in [5, 5.41) is 23.1. The number of aliphatic hydroxyl groups is 1. The Labute approximate surface area is 127 Å². The van der Waals surface area contributed by atoms with Crippen LogP contribution in [0.5, 0.6) is 0 Å². The van der Waals surface area contributed by atoms with E-state index in [2.05, 4.69) is 11.4 Å². The predicted octanol–water partition coefficient (Wildman–Crippen LogP) is 2.74. The second-order valence-electron chi connectivity index (χ2n) is 5.46. The Morgan fingerprint density at radius 1 is 1.48 bits per heavy atom. The van der Waals surface area contributed by atoms with E-state index < -0.39 is 11.5 Å². The Morgan fingerprint density at radius 2 is 2.24 bits per heavy atom. The molecule has 1 saturated carbocycles. The molecule has 0 bridgehead atoms. The van der Waals surface area contributed by atoms with Gasteiger partial charge in [0.15, 0.2) is 0 Å². The zero-order valence-electron chi connectivity index (χ0n) is 11.5. The molecule has 1 amide bonds. The summed E-state index contributed by atoms with van der Waals surface area (Å²) in [7, 11) is 0. The highest BCUT2D eigenvalue weighted by Gasteiger charge is 2.44. The van der Waals surface area contributed by atoms with E-state index in [-0.39, 0.29) is 12.5 Å². The van der Waals surface area contributed by atoms with Crippen LogP contribution in [-0.2, 0) is 4.79 Å². The van der Waals surface area contributed by atoms with Gasteiger partial charge in [-0.05, 0) is 36.8 Å². The molecule has 108 valence electrons. The number of fused-ring (bicyclic) bond motifs is 1. The van der Waals surface area contributed by atoms with Crippen molar-refractivity contribution in [2.24, 2.45) is 5.41 Å². The maximum Gasteiger partial charge on any atom is 0.240 e. The zero-order chi connectivity index (χ0) is 14.9. The molecule has 1 aliphatic rings. The van der Waals surface area contributed by atoms with Crippen molar-refractivity contribution < 1.29 is 9.90 Å². The largest absolute Gasteiger partial charge is 0.386 e. The van der Waals surface area contributed by atoms with Crippen molar-refractivity contribution >= 4 is 27.3 Å². The van der Waals surface area contributed by atoms with Crippen LogP contribution in [0.25, 0.3) is 10.1 Å². The van der Waals surface area contributed by atoms with Crippen molar-refractivity contribution in [3.63, 3.8) is 0 Å². The van der Waals surface area contributed by atoms with E-state index in [0.29, 0.717) is 12.8 Å². The summed E-state index contributed by atoms with van der Waals surface area (Å²) in [6.45, 7) is 0.148. The molecule has 2 N–H and O–H groups in total. The van der Waals surface area contributed by atoms with Crippen LogP contribution < -0.4 is 5.32 Å². The molecule has 1 heterocycles. The molecule has 21 heavy (non-hydrogen) atoms. The van der Waals surface area contributed by atoms with Crippen LogP contribution in [-0.4, -0.2) is 17.6 Å². The Balaban J connectivity index is 1.65. The van der Waals surface area contributed by atoms with Crippen LogP contribution in [0, 0.1) is 16.7 Å². The monoisotopic (exact) mass is 300 g/mol. The van der Waals surface area contributed by atoms with Gasteiger partial charge < -0.3 is 10.4 Å². The molecule has 1 fully saturated rings. The first-order valence-electron chi connectivity index (χ1n) is 7.01. The van der Waals surface area contributed by atoms with Crippen molar-refractivity contribution in [3.8, 4) is 6.07 Å². The number of carbonyl (C=O) groups is 1. The Kier molecular flexibility index (Phi) is 3.66. The number of nitrogens with zero attached hydrogens (tertiary/aromatic N) is 1. The predicted molar refractivity (Wildman–Crippen MR) is 81.7 cm³/mol. The number of nitriles is 1. The van der Waals surface area contributed by atoms with Crippen LogP contribution >= 0.6 is 11.3 Å². The van der Waals surface area contributed by atoms with Crippen molar-refractivity contribution in [2.75, 3.05) is 6.54 Å². The topological polar surface area (TPSA) is 73.1 Å². The Morgan fingerprint density at radius 3 is 2.86 bits per heavy atom. The van der Waals surface area contributed by atoms with Gasteiger partial charge in [-0.2, -0.15) is 5.26 Å². The third-order valence-electron chi connectivity index (χ3n) is 4.08. The van der Waals surface area contributed by atoms with Gasteiger partial charge in [-0.3, -0.25) is 4.79 Å². The van der Waals surface area contributed by atoms with Gasteiger partial charge in [-0.1, -0.05) is 18.2 Å². The quantitative estimate of drug-likeness (QED) is 0.912. The van der Waals surface area contributed by atoms with Gasteiger partial charge >= 0.3 is 0 Å². The van der Waals surface area contributed by atoms with E-state index in [0.717, 1.165) is 21.4 Å². The smallest absolute Gasteiger partial charge is 0.240 e. The summed E-state index contributed by atoms with van der Waals surface area (Å²) in [5.74, 6) is -0.253. The van der Waals surface area contributed by atoms with E-state index in [1.165, 1.54) is 11.3 Å². The highest BCUT2D eigenvalue weighted by molar-refractivity contribution is 7.19. The first-order valence-corrected chi connectivity index (χ1v) is 7.82. The average Bonchev–Trinajstić information content (AvgIpc) is 2.88. The van der Waals surface area contributed by atoms with E-state index in [9.17, 15) is 9.90 Å². The van der Waals surface area contributed by atoms with Crippen LogP contribution in [0.2, 0.25) is 0 Å². The minimum Gasteiger partial charge on any atom is -0.386 e. The standard InChI is InChI=1S/C16H16N2O2S/c17-10-16(6-3-7-16)15(20)18-9-12(19)14-8-11-4-1-2-5-13(11)21-14/h1-2,4-5,8,12,19H,3,6-7,9H2,(H,18,20). The fourth-order valence-electron chi connectivity index (χ4n) is 2.55. The minimum absolute atomic E-state index is 0.148. The number of hydrogen-bond donors (Lipinski definition) is 2. The van der Waals surface area contributed by atoms with Crippen LogP contribution in [0.15, 0.2) is 30.3 Å². The number of hydrogen-bond acceptors (Lipinski definition) is 4. The Hall–Kier alpha value is -1.90. The highest BCUT2D eigenvalue weighted by Crippen LogP contribution is 2.40. The fourth-order valence-corrected chi connectivity index (χ4v) is 3.60. The zero-order valence-corrected chi connectivity index (χ0v) is 12.3. The molecule has 0 radical (unpaired) electrons. The summed E-state index contributed by atoms with van der Waals surface area (Å²) in [6, 6.07) is 12.0. The van der Waals surface area contributed by atoms with Gasteiger partial charge in [0.1, 0.15) is 11.5 Å². The minimum atomic E-state index is -0.861. The third-order valence-corrected chi connectivity index (χ3v) is 5.30. The number of aliphatic hydroxyl groups excluding tert-OH is 1. The third kappa shape index (κ3) is 2.53. The van der Waals surface area contributed by atoms with Crippen molar-refractivity contribution in [2.45, 2.75) is 25.4 Å². The summed E-state index contributed by atoms with van der Waals surface area (Å²) >= 11 is 1.52. The summed E-state index contributed by atoms with van der Waals surface area (Å²) < 4.78 is 1.12. The average molecular weight is 300 g/mol. The maximum atomic E-state index is 12.0. The highest BCUT2D eigenvalue weighted by atomic mass is 32.1. The number of thiophene rings is 1. The van der Waals surface area contributed by atoms with Crippen LogP contribution in [0.1, 0.15) is 30.2 Å². The Bertz CT molecular complexity index is 679. The lowest BCUT2D eigenvalue weighted by molar-refractivity contribution is -0.132. The number of rotatable bonds is 4. The van der Waals surface area contributed by atoms with Crippen molar-refractivity contribution in [3.05, 3.63) is 35.2 Å². The first kappa shape index (κ1) is 14.1. The van der Waals surface area contributed by atoms with Crippen LogP contribution in [0.3, 0.4) is 0 Å². The molecule has 1 aromatic carbocycles. The van der Waals surface area contributed by atoms with Crippen molar-refractivity contribution in [1.29, 1.82) is 5.26 Å². The molecule has 1 aromatic heterocycles. The summed E-state index contributed by atoms with van der Waals surface area (Å²) in [4.78, 5) is 12.9. The number of amides is 1. The molecule has 3 rings (SSSR count). The molecule has 2 aromatic rings. The molecular formula is C16H16N2O2S. The molecule has 0 spiro atoms. The molecule has 4 nitrogen and oxygen atoms in total. The number of benzene rings is 1. The van der Waals surface area contributed by atoms with Gasteiger partial charge in [0, 0.05) is 16.1 Å². The lowest BCUT2D eigenvalue weighted by Gasteiger charge is -2.33. The SMILES string of the molecule is N#CC1(C(=O)NCC(O)c2cc3ccccc3s2)CCC1.